The SMILES string of the molecule is Nc1nc(NC2CCCCCCC2)c2ccsc2n1. The number of nitrogen functional groups attached to an aromatic ring is 1. The lowest BCUT2D eigenvalue weighted by atomic mass is 9.97. The van der Waals surface area contributed by atoms with Crippen LogP contribution in [0.2, 0.25) is 0 Å². The van der Waals surface area contributed by atoms with Crippen LogP contribution in [-0.2, 0) is 0 Å². The van der Waals surface area contributed by atoms with E-state index < -0.39 is 0 Å². The summed E-state index contributed by atoms with van der Waals surface area (Å²) < 4.78 is 0. The number of nitrogens with zero attached hydrogens (tertiary/aromatic N) is 2. The van der Waals surface area contributed by atoms with Crippen molar-refractivity contribution in [2.75, 3.05) is 11.1 Å². The molecule has 0 amide bonds. The molecule has 2 aromatic heterocycles. The monoisotopic (exact) mass is 276 g/mol. The van der Waals surface area contributed by atoms with Crippen LogP contribution in [0.5, 0.6) is 0 Å². The van der Waals surface area contributed by atoms with E-state index in [-0.39, 0.29) is 0 Å². The third kappa shape index (κ3) is 2.97. The van der Waals surface area contributed by atoms with E-state index in [0.717, 1.165) is 16.0 Å². The number of thiophene rings is 1. The smallest absolute Gasteiger partial charge is 0.223 e. The van der Waals surface area contributed by atoms with Gasteiger partial charge >= 0.3 is 0 Å². The Morgan fingerprint density at radius 3 is 2.63 bits per heavy atom. The molecule has 1 saturated carbocycles. The average Bonchev–Trinajstić information content (AvgIpc) is 2.80. The molecule has 0 aromatic carbocycles. The van der Waals surface area contributed by atoms with Crippen molar-refractivity contribution in [1.29, 1.82) is 0 Å². The second-order valence-corrected chi connectivity index (χ2v) is 6.15. The zero-order chi connectivity index (χ0) is 13.1. The molecule has 3 N–H and O–H groups in total. The van der Waals surface area contributed by atoms with Gasteiger partial charge < -0.3 is 11.1 Å². The molecule has 3 rings (SSSR count). The second kappa shape index (κ2) is 5.74. The fourth-order valence-corrected chi connectivity index (χ4v) is 3.55. The van der Waals surface area contributed by atoms with Crippen molar-refractivity contribution >= 4 is 33.3 Å². The largest absolute Gasteiger partial charge is 0.368 e. The summed E-state index contributed by atoms with van der Waals surface area (Å²) in [5, 5.41) is 6.74. The molecule has 0 aliphatic heterocycles. The summed E-state index contributed by atoms with van der Waals surface area (Å²) in [5.41, 5.74) is 5.79. The molecule has 2 aromatic rings. The number of hydrogen-bond acceptors (Lipinski definition) is 5. The Kier molecular flexibility index (Phi) is 3.82. The molecule has 19 heavy (non-hydrogen) atoms. The molecule has 1 aliphatic carbocycles. The van der Waals surface area contributed by atoms with E-state index in [1.165, 1.54) is 44.9 Å². The Morgan fingerprint density at radius 1 is 1.11 bits per heavy atom. The van der Waals surface area contributed by atoms with Gasteiger partial charge in [0.2, 0.25) is 5.95 Å². The van der Waals surface area contributed by atoms with Crippen LogP contribution in [0, 0.1) is 0 Å². The highest BCUT2D eigenvalue weighted by Gasteiger charge is 2.14. The lowest BCUT2D eigenvalue weighted by molar-refractivity contribution is 0.471. The number of hydrogen-bond donors (Lipinski definition) is 2. The fraction of sp³-hybridized carbons (Fsp3) is 0.571. The van der Waals surface area contributed by atoms with Gasteiger partial charge in [0.05, 0.1) is 5.39 Å². The second-order valence-electron chi connectivity index (χ2n) is 5.26. The van der Waals surface area contributed by atoms with Crippen molar-refractivity contribution < 1.29 is 0 Å². The summed E-state index contributed by atoms with van der Waals surface area (Å²) in [6.45, 7) is 0. The van der Waals surface area contributed by atoms with Gasteiger partial charge in [-0.1, -0.05) is 32.1 Å². The highest BCUT2D eigenvalue weighted by Crippen LogP contribution is 2.28. The summed E-state index contributed by atoms with van der Waals surface area (Å²) in [5.74, 6) is 1.28. The topological polar surface area (TPSA) is 63.8 Å². The van der Waals surface area contributed by atoms with Gasteiger partial charge in [-0.05, 0) is 24.3 Å². The van der Waals surface area contributed by atoms with E-state index >= 15 is 0 Å². The van der Waals surface area contributed by atoms with E-state index in [9.17, 15) is 0 Å². The molecule has 0 saturated heterocycles. The number of anilines is 2. The minimum atomic E-state index is 0.364. The fourth-order valence-electron chi connectivity index (χ4n) is 2.78. The summed E-state index contributed by atoms with van der Waals surface area (Å²) >= 11 is 1.61. The molecular weight excluding hydrogens is 256 g/mol. The molecule has 0 radical (unpaired) electrons. The summed E-state index contributed by atoms with van der Waals surface area (Å²) in [4.78, 5) is 9.63. The van der Waals surface area contributed by atoms with Crippen LogP contribution in [0.1, 0.15) is 44.9 Å². The van der Waals surface area contributed by atoms with Crippen molar-refractivity contribution in [3.63, 3.8) is 0 Å². The first-order valence-corrected chi connectivity index (χ1v) is 7.98. The maximum atomic E-state index is 5.79. The molecule has 1 fully saturated rings. The van der Waals surface area contributed by atoms with Crippen molar-refractivity contribution in [3.05, 3.63) is 11.4 Å². The third-order valence-corrected chi connectivity index (χ3v) is 4.59. The highest BCUT2D eigenvalue weighted by molar-refractivity contribution is 7.16. The minimum Gasteiger partial charge on any atom is -0.368 e. The van der Waals surface area contributed by atoms with Crippen LogP contribution in [0.15, 0.2) is 11.4 Å². The molecule has 0 spiro atoms. The molecule has 0 unspecified atom stereocenters. The van der Waals surface area contributed by atoms with Gasteiger partial charge in [-0.25, -0.2) is 4.98 Å². The Balaban J connectivity index is 1.81. The third-order valence-electron chi connectivity index (χ3n) is 3.79. The first-order valence-electron chi connectivity index (χ1n) is 7.10. The van der Waals surface area contributed by atoms with E-state index in [2.05, 4.69) is 21.4 Å². The van der Waals surface area contributed by atoms with Crippen LogP contribution in [0.25, 0.3) is 10.2 Å². The minimum absolute atomic E-state index is 0.364. The number of aromatic nitrogens is 2. The number of rotatable bonds is 2. The van der Waals surface area contributed by atoms with Gasteiger partial charge in [-0.15, -0.1) is 11.3 Å². The lowest BCUT2D eigenvalue weighted by Gasteiger charge is -2.21. The Labute approximate surface area is 117 Å². The van der Waals surface area contributed by atoms with Gasteiger partial charge in [0.1, 0.15) is 10.6 Å². The summed E-state index contributed by atoms with van der Waals surface area (Å²) in [6.07, 6.45) is 9.19. The van der Waals surface area contributed by atoms with Gasteiger partial charge in [-0.2, -0.15) is 4.98 Å². The molecule has 5 heteroatoms. The highest BCUT2D eigenvalue weighted by atomic mass is 32.1. The average molecular weight is 276 g/mol. The first-order chi connectivity index (χ1) is 9.33. The van der Waals surface area contributed by atoms with Crippen molar-refractivity contribution in [2.24, 2.45) is 0 Å². The first kappa shape index (κ1) is 12.7. The van der Waals surface area contributed by atoms with Crippen LogP contribution in [0.4, 0.5) is 11.8 Å². The standard InChI is InChI=1S/C14H20N4S/c15-14-17-12(11-8-9-19-13(11)18-14)16-10-6-4-2-1-3-5-7-10/h8-10H,1-7H2,(H3,15,16,17,18). The maximum Gasteiger partial charge on any atom is 0.223 e. The van der Waals surface area contributed by atoms with Crippen molar-refractivity contribution in [3.8, 4) is 0 Å². The molecule has 1 aliphatic rings. The van der Waals surface area contributed by atoms with Crippen molar-refractivity contribution in [1.82, 2.24) is 9.97 Å². The quantitative estimate of drug-likeness (QED) is 0.875. The predicted octanol–water partition coefficient (Wildman–Crippen LogP) is 3.80. The number of nitrogens with two attached hydrogens (primary N) is 1. The Hall–Kier alpha value is -1.36. The van der Waals surface area contributed by atoms with E-state index in [0.29, 0.717) is 12.0 Å². The van der Waals surface area contributed by atoms with E-state index in [1.54, 1.807) is 11.3 Å². The predicted molar refractivity (Wildman–Crippen MR) is 81.6 cm³/mol. The van der Waals surface area contributed by atoms with Gasteiger partial charge in [0.15, 0.2) is 0 Å². The molecule has 0 bridgehead atoms. The van der Waals surface area contributed by atoms with Gasteiger partial charge in [-0.3, -0.25) is 0 Å². The molecule has 2 heterocycles. The zero-order valence-corrected chi connectivity index (χ0v) is 11.9. The maximum absolute atomic E-state index is 5.79. The van der Waals surface area contributed by atoms with E-state index in [4.69, 9.17) is 5.73 Å². The molecular formula is C14H20N4S. The van der Waals surface area contributed by atoms with Gasteiger partial charge in [0, 0.05) is 6.04 Å². The number of nitrogens with one attached hydrogen (secondary N) is 1. The molecule has 102 valence electrons. The molecule has 4 nitrogen and oxygen atoms in total. The molecule has 0 atom stereocenters. The summed E-state index contributed by atoms with van der Waals surface area (Å²) in [6, 6.07) is 2.60. The van der Waals surface area contributed by atoms with Crippen LogP contribution in [-0.4, -0.2) is 16.0 Å². The normalized spacial score (nSPS) is 18.1. The van der Waals surface area contributed by atoms with Crippen molar-refractivity contribution in [2.45, 2.75) is 51.0 Å². The van der Waals surface area contributed by atoms with E-state index in [1.807, 2.05) is 5.38 Å². The summed E-state index contributed by atoms with van der Waals surface area (Å²) in [7, 11) is 0. The van der Waals surface area contributed by atoms with Crippen LogP contribution < -0.4 is 11.1 Å². The Bertz CT molecular complexity index is 543. The van der Waals surface area contributed by atoms with Gasteiger partial charge in [0.25, 0.3) is 0 Å². The van der Waals surface area contributed by atoms with Crippen LogP contribution in [0.3, 0.4) is 0 Å². The lowest BCUT2D eigenvalue weighted by Crippen LogP contribution is -2.21. The number of fused-ring (bicyclic) bond motifs is 1. The zero-order valence-electron chi connectivity index (χ0n) is 11.1. The van der Waals surface area contributed by atoms with Crippen LogP contribution >= 0.6 is 11.3 Å². The Morgan fingerprint density at radius 2 is 1.84 bits per heavy atom.